The summed E-state index contributed by atoms with van der Waals surface area (Å²) in [6.07, 6.45) is 0.527. The number of hydrogen-bond acceptors (Lipinski definition) is 4. The van der Waals surface area contributed by atoms with E-state index in [4.69, 9.17) is 9.05 Å². The zero-order chi connectivity index (χ0) is 15.5. The van der Waals surface area contributed by atoms with E-state index in [1.165, 1.54) is 0 Å². The van der Waals surface area contributed by atoms with Gasteiger partial charge in [-0.3, -0.25) is 0 Å². The molecule has 0 N–H and O–H groups in total. The largest absolute Gasteiger partial charge is 0.360 e. The molecule has 4 rings (SSSR count). The average Bonchev–Trinajstić information content (AvgIpc) is 3.27. The monoisotopic (exact) mass is 302 g/mol. The Labute approximate surface area is 133 Å². The van der Waals surface area contributed by atoms with Crippen LogP contribution in [0.1, 0.15) is 11.5 Å². The van der Waals surface area contributed by atoms with Crippen LogP contribution in [0.3, 0.4) is 0 Å². The van der Waals surface area contributed by atoms with Crippen LogP contribution in [0.25, 0.3) is 22.5 Å². The number of benzene rings is 2. The summed E-state index contributed by atoms with van der Waals surface area (Å²) in [5.41, 5.74) is 3.71. The summed E-state index contributed by atoms with van der Waals surface area (Å²) in [5.74, 6) is 1.50. The van der Waals surface area contributed by atoms with Crippen LogP contribution in [0.5, 0.6) is 0 Å². The van der Waals surface area contributed by atoms with Crippen LogP contribution < -0.4 is 0 Å². The number of nitrogens with zero attached hydrogens (tertiary/aromatic N) is 2. The highest BCUT2D eigenvalue weighted by Crippen LogP contribution is 2.23. The smallest absolute Gasteiger partial charge is 0.145 e. The lowest BCUT2D eigenvalue weighted by Crippen LogP contribution is -1.81. The first-order valence-electron chi connectivity index (χ1n) is 7.40. The van der Waals surface area contributed by atoms with E-state index in [-0.39, 0.29) is 0 Å². The topological polar surface area (TPSA) is 52.1 Å². The van der Waals surface area contributed by atoms with Crippen LogP contribution in [0.2, 0.25) is 0 Å². The average molecular weight is 302 g/mol. The molecule has 0 atom stereocenters. The second kappa shape index (κ2) is 5.93. The second-order valence-corrected chi connectivity index (χ2v) is 5.27. The Morgan fingerprint density at radius 3 is 1.48 bits per heavy atom. The maximum atomic E-state index is 5.40. The molecule has 2 aromatic heterocycles. The van der Waals surface area contributed by atoms with Gasteiger partial charge in [-0.25, -0.2) is 0 Å². The molecule has 0 bridgehead atoms. The zero-order valence-corrected chi connectivity index (χ0v) is 12.3. The van der Waals surface area contributed by atoms with Crippen LogP contribution in [0.4, 0.5) is 0 Å². The van der Waals surface area contributed by atoms with E-state index in [1.807, 2.05) is 72.8 Å². The molecule has 4 heteroatoms. The first kappa shape index (κ1) is 13.5. The normalized spacial score (nSPS) is 10.8. The summed E-state index contributed by atoms with van der Waals surface area (Å²) in [6.45, 7) is 0. The SMILES string of the molecule is c1ccc(-c2cc(Cc3cc(-c4ccccc4)no3)on2)cc1. The van der Waals surface area contributed by atoms with Gasteiger partial charge in [-0.2, -0.15) is 0 Å². The van der Waals surface area contributed by atoms with Crippen molar-refractivity contribution in [1.82, 2.24) is 10.3 Å². The zero-order valence-electron chi connectivity index (χ0n) is 12.3. The molecular weight excluding hydrogens is 288 g/mol. The van der Waals surface area contributed by atoms with Crippen LogP contribution in [0, 0.1) is 0 Å². The predicted molar refractivity (Wildman–Crippen MR) is 86.7 cm³/mol. The highest BCUT2D eigenvalue weighted by molar-refractivity contribution is 5.59. The van der Waals surface area contributed by atoms with Gasteiger partial charge in [0, 0.05) is 23.3 Å². The van der Waals surface area contributed by atoms with Gasteiger partial charge < -0.3 is 9.05 Å². The molecular formula is C19H14N2O2. The molecule has 4 aromatic rings. The minimum atomic E-state index is 0.527. The standard InChI is InChI=1S/C19H14N2O2/c1-3-7-14(8-4-1)18-12-16(22-20-18)11-17-13-19(21-23-17)15-9-5-2-6-10-15/h1-10,12-13H,11H2. The summed E-state index contributed by atoms with van der Waals surface area (Å²) in [5, 5.41) is 8.22. The molecule has 0 saturated carbocycles. The van der Waals surface area contributed by atoms with Crippen molar-refractivity contribution in [3.05, 3.63) is 84.3 Å². The highest BCUT2D eigenvalue weighted by atomic mass is 16.5. The fourth-order valence-corrected chi connectivity index (χ4v) is 2.45. The molecule has 112 valence electrons. The molecule has 0 saturated heterocycles. The summed E-state index contributed by atoms with van der Waals surface area (Å²) >= 11 is 0. The lowest BCUT2D eigenvalue weighted by Gasteiger charge is -1.91. The fourth-order valence-electron chi connectivity index (χ4n) is 2.45. The summed E-state index contributed by atoms with van der Waals surface area (Å²) in [7, 11) is 0. The van der Waals surface area contributed by atoms with Gasteiger partial charge in [0.25, 0.3) is 0 Å². The Hall–Kier alpha value is -3.14. The Morgan fingerprint density at radius 2 is 1.04 bits per heavy atom. The van der Waals surface area contributed by atoms with E-state index < -0.39 is 0 Å². The Bertz CT molecular complexity index is 820. The highest BCUT2D eigenvalue weighted by Gasteiger charge is 2.11. The van der Waals surface area contributed by atoms with Gasteiger partial charge in [-0.15, -0.1) is 0 Å². The fraction of sp³-hybridized carbons (Fsp3) is 0.0526. The number of rotatable bonds is 4. The second-order valence-electron chi connectivity index (χ2n) is 5.27. The molecule has 0 aliphatic heterocycles. The molecule has 2 heterocycles. The first-order valence-corrected chi connectivity index (χ1v) is 7.40. The van der Waals surface area contributed by atoms with Crippen molar-refractivity contribution in [2.75, 3.05) is 0 Å². The van der Waals surface area contributed by atoms with E-state index in [0.29, 0.717) is 6.42 Å². The Morgan fingerprint density at radius 1 is 0.609 bits per heavy atom. The van der Waals surface area contributed by atoms with Crippen LogP contribution in [-0.2, 0) is 6.42 Å². The van der Waals surface area contributed by atoms with Gasteiger partial charge in [0.2, 0.25) is 0 Å². The van der Waals surface area contributed by atoms with Crippen molar-refractivity contribution in [1.29, 1.82) is 0 Å². The first-order chi connectivity index (χ1) is 11.4. The molecule has 2 aromatic carbocycles. The Kier molecular flexibility index (Phi) is 3.48. The molecule has 0 unspecified atom stereocenters. The van der Waals surface area contributed by atoms with Crippen molar-refractivity contribution < 1.29 is 9.05 Å². The van der Waals surface area contributed by atoms with Crippen molar-refractivity contribution in [2.45, 2.75) is 6.42 Å². The molecule has 0 spiro atoms. The van der Waals surface area contributed by atoms with Crippen molar-refractivity contribution in [3.63, 3.8) is 0 Å². The molecule has 4 nitrogen and oxygen atoms in total. The maximum absolute atomic E-state index is 5.40. The van der Waals surface area contributed by atoms with Crippen LogP contribution in [-0.4, -0.2) is 10.3 Å². The third-order valence-electron chi connectivity index (χ3n) is 3.61. The van der Waals surface area contributed by atoms with Crippen molar-refractivity contribution in [2.24, 2.45) is 0 Å². The van der Waals surface area contributed by atoms with E-state index in [2.05, 4.69) is 10.3 Å². The van der Waals surface area contributed by atoms with Gasteiger partial charge in [-0.1, -0.05) is 71.0 Å². The third-order valence-corrected chi connectivity index (χ3v) is 3.61. The lowest BCUT2D eigenvalue weighted by atomic mass is 10.1. The van der Waals surface area contributed by atoms with E-state index in [9.17, 15) is 0 Å². The number of hydrogen-bond donors (Lipinski definition) is 0. The van der Waals surface area contributed by atoms with Gasteiger partial charge in [0.1, 0.15) is 22.9 Å². The van der Waals surface area contributed by atoms with Crippen molar-refractivity contribution >= 4 is 0 Å². The summed E-state index contributed by atoms with van der Waals surface area (Å²) < 4.78 is 10.8. The van der Waals surface area contributed by atoms with Gasteiger partial charge in [0.05, 0.1) is 6.42 Å². The van der Waals surface area contributed by atoms with E-state index >= 15 is 0 Å². The summed E-state index contributed by atoms with van der Waals surface area (Å²) in [6, 6.07) is 23.7. The van der Waals surface area contributed by atoms with E-state index in [1.54, 1.807) is 0 Å². The van der Waals surface area contributed by atoms with Gasteiger partial charge in [-0.05, 0) is 0 Å². The minimum Gasteiger partial charge on any atom is -0.360 e. The van der Waals surface area contributed by atoms with Crippen molar-refractivity contribution in [3.8, 4) is 22.5 Å². The molecule has 0 aliphatic carbocycles. The van der Waals surface area contributed by atoms with E-state index in [0.717, 1.165) is 34.0 Å². The number of aromatic nitrogens is 2. The lowest BCUT2D eigenvalue weighted by molar-refractivity contribution is 0.357. The quantitative estimate of drug-likeness (QED) is 0.553. The minimum absolute atomic E-state index is 0.527. The molecule has 0 fully saturated rings. The predicted octanol–water partition coefficient (Wildman–Crippen LogP) is 4.59. The van der Waals surface area contributed by atoms with Gasteiger partial charge in [0.15, 0.2) is 0 Å². The molecule has 0 amide bonds. The molecule has 0 radical (unpaired) electrons. The van der Waals surface area contributed by atoms with Gasteiger partial charge >= 0.3 is 0 Å². The molecule has 23 heavy (non-hydrogen) atoms. The third kappa shape index (κ3) is 2.92. The van der Waals surface area contributed by atoms with Crippen LogP contribution >= 0.6 is 0 Å². The summed E-state index contributed by atoms with van der Waals surface area (Å²) in [4.78, 5) is 0. The molecule has 0 aliphatic rings. The Balaban J connectivity index is 1.53. The maximum Gasteiger partial charge on any atom is 0.145 e. The van der Waals surface area contributed by atoms with Crippen LogP contribution in [0.15, 0.2) is 81.8 Å².